The van der Waals surface area contributed by atoms with Crippen LogP contribution < -0.4 is 9.64 Å². The Morgan fingerprint density at radius 1 is 1.07 bits per heavy atom. The lowest BCUT2D eigenvalue weighted by Crippen LogP contribution is -2.44. The van der Waals surface area contributed by atoms with Crippen LogP contribution in [0, 0.1) is 0 Å². The molecule has 2 heterocycles. The Balaban J connectivity index is 1.64. The van der Waals surface area contributed by atoms with E-state index in [1.165, 1.54) is 0 Å². The summed E-state index contributed by atoms with van der Waals surface area (Å²) >= 11 is 0. The Bertz CT molecular complexity index is 714. The van der Waals surface area contributed by atoms with Gasteiger partial charge in [-0.1, -0.05) is 0 Å². The molecular weight excluding hydrogens is 360 g/mol. The number of carbonyl (C=O) groups excluding carboxylic acids is 1. The molecule has 0 aromatic heterocycles. The monoisotopic (exact) mass is 390 g/mol. The first-order valence-electron chi connectivity index (χ1n) is 10.00. The van der Waals surface area contributed by atoms with Gasteiger partial charge in [0.15, 0.2) is 0 Å². The van der Waals surface area contributed by atoms with Gasteiger partial charge >= 0.3 is 12.1 Å². The van der Waals surface area contributed by atoms with Gasteiger partial charge in [-0.05, 0) is 45.7 Å². The molecule has 0 aliphatic carbocycles. The van der Waals surface area contributed by atoms with Crippen molar-refractivity contribution in [3.8, 4) is 5.75 Å². The Morgan fingerprint density at radius 3 is 2.29 bits per heavy atom. The SMILES string of the molecule is CC(C)(C)OC(=O)N1CCC(Oc2cc(N3CCCC3)ccc2C(=O)O)CC1. The predicted octanol–water partition coefficient (Wildman–Crippen LogP) is 3.76. The molecule has 154 valence electrons. The second-order valence-corrected chi connectivity index (χ2v) is 8.46. The minimum atomic E-state index is -0.992. The van der Waals surface area contributed by atoms with Gasteiger partial charge in [-0.3, -0.25) is 0 Å². The van der Waals surface area contributed by atoms with Crippen molar-refractivity contribution in [1.82, 2.24) is 4.90 Å². The minimum Gasteiger partial charge on any atom is -0.489 e. The van der Waals surface area contributed by atoms with Crippen molar-refractivity contribution in [1.29, 1.82) is 0 Å². The molecule has 0 atom stereocenters. The Labute approximate surface area is 166 Å². The molecule has 7 heteroatoms. The molecule has 0 saturated carbocycles. The van der Waals surface area contributed by atoms with E-state index < -0.39 is 11.6 Å². The van der Waals surface area contributed by atoms with Gasteiger partial charge in [0.05, 0.1) is 0 Å². The first-order chi connectivity index (χ1) is 13.2. The summed E-state index contributed by atoms with van der Waals surface area (Å²) < 4.78 is 11.5. The lowest BCUT2D eigenvalue weighted by molar-refractivity contribution is 0.0126. The van der Waals surface area contributed by atoms with Crippen molar-refractivity contribution in [2.75, 3.05) is 31.1 Å². The third kappa shape index (κ3) is 5.09. The number of rotatable bonds is 4. The number of hydrogen-bond donors (Lipinski definition) is 1. The van der Waals surface area contributed by atoms with Gasteiger partial charge in [0, 0.05) is 50.8 Å². The quantitative estimate of drug-likeness (QED) is 0.843. The van der Waals surface area contributed by atoms with E-state index in [4.69, 9.17) is 9.47 Å². The zero-order valence-electron chi connectivity index (χ0n) is 16.9. The molecule has 1 aromatic rings. The molecule has 1 amide bonds. The zero-order valence-corrected chi connectivity index (χ0v) is 16.9. The maximum Gasteiger partial charge on any atom is 0.410 e. The van der Waals surface area contributed by atoms with Crippen LogP contribution >= 0.6 is 0 Å². The molecule has 2 aliphatic heterocycles. The number of anilines is 1. The number of benzene rings is 1. The zero-order chi connectivity index (χ0) is 20.3. The van der Waals surface area contributed by atoms with Gasteiger partial charge in [0.25, 0.3) is 0 Å². The summed E-state index contributed by atoms with van der Waals surface area (Å²) in [5, 5.41) is 9.51. The highest BCUT2D eigenvalue weighted by molar-refractivity contribution is 5.91. The largest absolute Gasteiger partial charge is 0.489 e. The van der Waals surface area contributed by atoms with Crippen LogP contribution in [0.25, 0.3) is 0 Å². The van der Waals surface area contributed by atoms with Gasteiger partial charge in [-0.25, -0.2) is 9.59 Å². The van der Waals surface area contributed by atoms with Gasteiger partial charge in [0.2, 0.25) is 0 Å². The molecule has 1 N–H and O–H groups in total. The van der Waals surface area contributed by atoms with Crippen LogP contribution in [0.1, 0.15) is 56.8 Å². The van der Waals surface area contributed by atoms with Crippen LogP contribution in [0.15, 0.2) is 18.2 Å². The molecule has 2 fully saturated rings. The number of carboxylic acid groups (broad SMARTS) is 1. The average molecular weight is 390 g/mol. The number of hydrogen-bond acceptors (Lipinski definition) is 5. The molecule has 0 bridgehead atoms. The molecule has 28 heavy (non-hydrogen) atoms. The standard InChI is InChI=1S/C21H30N2O5/c1-21(2,3)28-20(26)23-12-8-16(9-13-23)27-18-14-15(22-10-4-5-11-22)6-7-17(18)19(24)25/h6-7,14,16H,4-5,8-13H2,1-3H3,(H,24,25). The fourth-order valence-corrected chi connectivity index (χ4v) is 3.62. The molecule has 0 radical (unpaired) electrons. The van der Waals surface area contributed by atoms with Gasteiger partial charge in [0.1, 0.15) is 23.0 Å². The van der Waals surface area contributed by atoms with E-state index in [-0.39, 0.29) is 17.8 Å². The third-order valence-electron chi connectivity index (χ3n) is 5.05. The molecule has 2 aliphatic rings. The summed E-state index contributed by atoms with van der Waals surface area (Å²) in [6, 6.07) is 5.32. The number of aromatic carboxylic acids is 1. The molecule has 3 rings (SSSR count). The van der Waals surface area contributed by atoms with Crippen molar-refractivity contribution in [2.45, 2.75) is 58.2 Å². The summed E-state index contributed by atoms with van der Waals surface area (Å²) in [5.41, 5.74) is 0.665. The second kappa shape index (κ2) is 8.29. The minimum absolute atomic E-state index is 0.120. The second-order valence-electron chi connectivity index (χ2n) is 8.46. The number of carbonyl (C=O) groups is 2. The Kier molecular flexibility index (Phi) is 6.01. The normalized spacial score (nSPS) is 18.2. The van der Waals surface area contributed by atoms with E-state index in [1.807, 2.05) is 32.9 Å². The third-order valence-corrected chi connectivity index (χ3v) is 5.05. The highest BCUT2D eigenvalue weighted by atomic mass is 16.6. The summed E-state index contributed by atoms with van der Waals surface area (Å²) in [7, 11) is 0. The number of likely N-dealkylation sites (tertiary alicyclic amines) is 1. The van der Waals surface area contributed by atoms with Crippen LogP contribution in [0.4, 0.5) is 10.5 Å². The summed E-state index contributed by atoms with van der Waals surface area (Å²) in [5.74, 6) is -0.582. The summed E-state index contributed by atoms with van der Waals surface area (Å²) in [6.07, 6.45) is 3.16. The molecular formula is C21H30N2O5. The van der Waals surface area contributed by atoms with Crippen LogP contribution in [-0.4, -0.2) is 60.0 Å². The Hall–Kier alpha value is -2.44. The number of ether oxygens (including phenoxy) is 2. The molecule has 0 unspecified atom stereocenters. The molecule has 1 aromatic carbocycles. The van der Waals surface area contributed by atoms with Crippen molar-refractivity contribution >= 4 is 17.7 Å². The first kappa shape index (κ1) is 20.3. The number of amides is 1. The van der Waals surface area contributed by atoms with Crippen LogP contribution in [0.3, 0.4) is 0 Å². The average Bonchev–Trinajstić information content (AvgIpc) is 3.15. The number of piperidine rings is 1. The highest BCUT2D eigenvalue weighted by Crippen LogP contribution is 2.30. The lowest BCUT2D eigenvalue weighted by Gasteiger charge is -2.33. The topological polar surface area (TPSA) is 79.3 Å². The van der Waals surface area contributed by atoms with Crippen molar-refractivity contribution in [3.05, 3.63) is 23.8 Å². The lowest BCUT2D eigenvalue weighted by atomic mass is 10.1. The summed E-state index contributed by atoms with van der Waals surface area (Å²) in [6.45, 7) is 8.59. The van der Waals surface area contributed by atoms with Crippen molar-refractivity contribution in [3.63, 3.8) is 0 Å². The van der Waals surface area contributed by atoms with E-state index >= 15 is 0 Å². The number of nitrogens with zero attached hydrogens (tertiary/aromatic N) is 2. The van der Waals surface area contributed by atoms with Crippen molar-refractivity contribution < 1.29 is 24.2 Å². The van der Waals surface area contributed by atoms with E-state index in [9.17, 15) is 14.7 Å². The summed E-state index contributed by atoms with van der Waals surface area (Å²) in [4.78, 5) is 27.7. The predicted molar refractivity (Wildman–Crippen MR) is 106 cm³/mol. The van der Waals surface area contributed by atoms with E-state index in [0.29, 0.717) is 31.7 Å². The first-order valence-corrected chi connectivity index (χ1v) is 10.00. The highest BCUT2D eigenvalue weighted by Gasteiger charge is 2.28. The van der Waals surface area contributed by atoms with Crippen molar-refractivity contribution in [2.24, 2.45) is 0 Å². The van der Waals surface area contributed by atoms with Crippen LogP contribution in [0.5, 0.6) is 5.75 Å². The van der Waals surface area contributed by atoms with Gasteiger partial charge in [-0.2, -0.15) is 0 Å². The molecule has 2 saturated heterocycles. The number of carboxylic acids is 1. The van der Waals surface area contributed by atoms with E-state index in [0.717, 1.165) is 31.6 Å². The fourth-order valence-electron chi connectivity index (χ4n) is 3.62. The van der Waals surface area contributed by atoms with Gasteiger partial charge < -0.3 is 24.4 Å². The smallest absolute Gasteiger partial charge is 0.410 e. The fraction of sp³-hybridized carbons (Fsp3) is 0.619. The van der Waals surface area contributed by atoms with E-state index in [2.05, 4.69) is 4.90 Å². The van der Waals surface area contributed by atoms with Gasteiger partial charge in [-0.15, -0.1) is 0 Å². The van der Waals surface area contributed by atoms with E-state index in [1.54, 1.807) is 11.0 Å². The maximum absolute atomic E-state index is 12.2. The molecule has 0 spiro atoms. The van der Waals surface area contributed by atoms with Crippen LogP contribution in [-0.2, 0) is 4.74 Å². The molecule has 7 nitrogen and oxygen atoms in total. The van der Waals surface area contributed by atoms with Crippen LogP contribution in [0.2, 0.25) is 0 Å². The Morgan fingerprint density at radius 2 is 1.71 bits per heavy atom. The maximum atomic E-state index is 12.2.